The van der Waals surface area contributed by atoms with E-state index < -0.39 is 5.63 Å². The first kappa shape index (κ1) is 17.4. The van der Waals surface area contributed by atoms with Gasteiger partial charge in [0.2, 0.25) is 0 Å². The second-order valence-electron chi connectivity index (χ2n) is 6.55. The Morgan fingerprint density at radius 2 is 1.96 bits per heavy atom. The van der Waals surface area contributed by atoms with Crippen molar-refractivity contribution in [1.29, 1.82) is 0 Å². The molecule has 0 fully saturated rings. The standard InChI is InChI=1S/C21H21NO5/c1-2-13-7-16-14(8-21(24)27-20(16)9-17(13)23)10-22-11-15-12-25-18-5-3-4-6-19(18)26-15/h3-9,15,22-23H,2,10-12H2,1H3/t15-/m0/s1. The van der Waals surface area contributed by atoms with E-state index in [-0.39, 0.29) is 11.9 Å². The molecule has 0 saturated carbocycles. The van der Waals surface area contributed by atoms with Crippen molar-refractivity contribution in [3.8, 4) is 17.2 Å². The van der Waals surface area contributed by atoms with Crippen LogP contribution in [0.4, 0.5) is 0 Å². The number of phenolic OH excluding ortho intramolecular Hbond substituents is 1. The molecule has 6 heteroatoms. The van der Waals surface area contributed by atoms with Gasteiger partial charge in [0.1, 0.15) is 24.0 Å². The summed E-state index contributed by atoms with van der Waals surface area (Å²) >= 11 is 0. The number of hydrogen-bond donors (Lipinski definition) is 2. The van der Waals surface area contributed by atoms with Gasteiger partial charge in [0.25, 0.3) is 0 Å². The second kappa shape index (κ2) is 7.32. The average molecular weight is 367 g/mol. The number of hydrogen-bond acceptors (Lipinski definition) is 6. The number of fused-ring (bicyclic) bond motifs is 2. The molecule has 1 aliphatic heterocycles. The molecule has 2 N–H and O–H groups in total. The lowest BCUT2D eigenvalue weighted by atomic mass is 10.0. The molecule has 3 aromatic rings. The third-order valence-electron chi connectivity index (χ3n) is 4.67. The molecule has 0 aliphatic carbocycles. The number of rotatable bonds is 5. The average Bonchev–Trinajstić information content (AvgIpc) is 2.67. The van der Waals surface area contributed by atoms with Crippen LogP contribution in [0.1, 0.15) is 18.1 Å². The van der Waals surface area contributed by atoms with Gasteiger partial charge in [0, 0.05) is 30.6 Å². The lowest BCUT2D eigenvalue weighted by Gasteiger charge is -2.26. The minimum Gasteiger partial charge on any atom is -0.508 e. The zero-order valence-corrected chi connectivity index (χ0v) is 15.0. The number of ether oxygens (including phenoxy) is 2. The van der Waals surface area contributed by atoms with Gasteiger partial charge in [0.05, 0.1) is 0 Å². The topological polar surface area (TPSA) is 80.9 Å². The van der Waals surface area contributed by atoms with Crippen molar-refractivity contribution in [2.45, 2.75) is 26.0 Å². The number of para-hydroxylation sites is 2. The van der Waals surface area contributed by atoms with Crippen LogP contribution in [0.15, 0.2) is 51.7 Å². The molecule has 27 heavy (non-hydrogen) atoms. The van der Waals surface area contributed by atoms with Crippen molar-refractivity contribution in [2.24, 2.45) is 0 Å². The van der Waals surface area contributed by atoms with E-state index in [1.54, 1.807) is 0 Å². The Morgan fingerprint density at radius 1 is 1.15 bits per heavy atom. The molecule has 4 rings (SSSR count). The van der Waals surface area contributed by atoms with E-state index in [1.165, 1.54) is 12.1 Å². The normalized spacial score (nSPS) is 15.8. The summed E-state index contributed by atoms with van der Waals surface area (Å²) in [5, 5.41) is 14.2. The van der Waals surface area contributed by atoms with Crippen molar-refractivity contribution in [1.82, 2.24) is 5.32 Å². The SMILES string of the molecule is CCc1cc2c(CNC[C@H]3COc4ccccc4O3)cc(=O)oc2cc1O. The van der Waals surface area contributed by atoms with Gasteiger partial charge in [-0.3, -0.25) is 0 Å². The van der Waals surface area contributed by atoms with Gasteiger partial charge in [-0.2, -0.15) is 0 Å². The van der Waals surface area contributed by atoms with Crippen LogP contribution >= 0.6 is 0 Å². The van der Waals surface area contributed by atoms with Crippen LogP contribution in [0.25, 0.3) is 11.0 Å². The number of aryl methyl sites for hydroxylation is 1. The molecule has 0 saturated heterocycles. The summed E-state index contributed by atoms with van der Waals surface area (Å²) in [5.41, 5.74) is 1.60. The number of nitrogens with one attached hydrogen (secondary N) is 1. The fourth-order valence-corrected chi connectivity index (χ4v) is 3.27. The first-order valence-electron chi connectivity index (χ1n) is 9.02. The van der Waals surface area contributed by atoms with E-state index in [1.807, 2.05) is 37.3 Å². The maximum atomic E-state index is 11.9. The Labute approximate surface area is 156 Å². The summed E-state index contributed by atoms with van der Waals surface area (Å²) in [6, 6.07) is 12.5. The third-order valence-corrected chi connectivity index (χ3v) is 4.67. The van der Waals surface area contributed by atoms with E-state index in [2.05, 4.69) is 5.32 Å². The highest BCUT2D eigenvalue weighted by Gasteiger charge is 2.20. The summed E-state index contributed by atoms with van der Waals surface area (Å²) in [6.45, 7) is 3.50. The van der Waals surface area contributed by atoms with Crippen molar-refractivity contribution in [2.75, 3.05) is 13.2 Å². The van der Waals surface area contributed by atoms with Crippen LogP contribution in [0.3, 0.4) is 0 Å². The van der Waals surface area contributed by atoms with E-state index in [9.17, 15) is 9.90 Å². The van der Waals surface area contributed by atoms with Gasteiger partial charge in [-0.25, -0.2) is 4.79 Å². The summed E-state index contributed by atoms with van der Waals surface area (Å²) in [7, 11) is 0. The summed E-state index contributed by atoms with van der Waals surface area (Å²) < 4.78 is 16.9. The highest BCUT2D eigenvalue weighted by molar-refractivity contribution is 5.82. The molecule has 0 radical (unpaired) electrons. The predicted molar refractivity (Wildman–Crippen MR) is 102 cm³/mol. The molecule has 0 bridgehead atoms. The molecule has 1 aliphatic rings. The minimum atomic E-state index is -0.436. The first-order chi connectivity index (χ1) is 13.1. The molecule has 140 valence electrons. The minimum absolute atomic E-state index is 0.110. The fraction of sp³-hybridized carbons (Fsp3) is 0.286. The monoisotopic (exact) mass is 367 g/mol. The summed E-state index contributed by atoms with van der Waals surface area (Å²) in [4.78, 5) is 11.9. The van der Waals surface area contributed by atoms with Gasteiger partial charge in [0.15, 0.2) is 11.5 Å². The van der Waals surface area contributed by atoms with Gasteiger partial charge in [-0.1, -0.05) is 19.1 Å². The lowest BCUT2D eigenvalue weighted by Crippen LogP contribution is -2.38. The Kier molecular flexibility index (Phi) is 4.73. The quantitative estimate of drug-likeness (QED) is 0.675. The van der Waals surface area contributed by atoms with Crippen LogP contribution in [0.5, 0.6) is 17.2 Å². The van der Waals surface area contributed by atoms with Crippen LogP contribution in [-0.4, -0.2) is 24.4 Å². The van der Waals surface area contributed by atoms with Crippen LogP contribution < -0.4 is 20.4 Å². The number of aromatic hydroxyl groups is 1. The van der Waals surface area contributed by atoms with Crippen molar-refractivity contribution in [3.63, 3.8) is 0 Å². The van der Waals surface area contributed by atoms with E-state index >= 15 is 0 Å². The van der Waals surface area contributed by atoms with Gasteiger partial charge in [-0.05, 0) is 35.7 Å². The number of benzene rings is 2. The van der Waals surface area contributed by atoms with Crippen LogP contribution in [0.2, 0.25) is 0 Å². The molecule has 0 spiro atoms. The number of phenols is 1. The van der Waals surface area contributed by atoms with Gasteiger partial charge < -0.3 is 24.3 Å². The predicted octanol–water partition coefficient (Wildman–Crippen LogP) is 2.99. The third kappa shape index (κ3) is 3.61. The molecule has 0 unspecified atom stereocenters. The molecule has 1 atom stereocenters. The largest absolute Gasteiger partial charge is 0.508 e. The second-order valence-corrected chi connectivity index (χ2v) is 6.55. The fourth-order valence-electron chi connectivity index (χ4n) is 3.27. The van der Waals surface area contributed by atoms with Crippen molar-refractivity contribution >= 4 is 11.0 Å². The van der Waals surface area contributed by atoms with Crippen molar-refractivity contribution < 1.29 is 19.0 Å². The summed E-state index contributed by atoms with van der Waals surface area (Å²) in [6.07, 6.45) is 0.585. The maximum Gasteiger partial charge on any atom is 0.336 e. The van der Waals surface area contributed by atoms with Gasteiger partial charge >= 0.3 is 5.63 Å². The zero-order valence-electron chi connectivity index (χ0n) is 15.0. The Hall–Kier alpha value is -2.99. The molecule has 2 aromatic carbocycles. The molecule has 6 nitrogen and oxygen atoms in total. The zero-order chi connectivity index (χ0) is 18.8. The van der Waals surface area contributed by atoms with Gasteiger partial charge in [-0.15, -0.1) is 0 Å². The smallest absolute Gasteiger partial charge is 0.336 e. The first-order valence-corrected chi connectivity index (χ1v) is 9.02. The molecule has 2 heterocycles. The highest BCUT2D eigenvalue weighted by atomic mass is 16.6. The Balaban J connectivity index is 1.48. The maximum absolute atomic E-state index is 11.9. The van der Waals surface area contributed by atoms with Crippen LogP contribution in [-0.2, 0) is 13.0 Å². The van der Waals surface area contributed by atoms with E-state index in [0.717, 1.165) is 28.0 Å². The van der Waals surface area contributed by atoms with E-state index in [0.29, 0.717) is 31.7 Å². The molecule has 1 aromatic heterocycles. The van der Waals surface area contributed by atoms with E-state index in [4.69, 9.17) is 13.9 Å². The molecular formula is C21H21NO5. The van der Waals surface area contributed by atoms with Crippen LogP contribution in [0, 0.1) is 0 Å². The highest BCUT2D eigenvalue weighted by Crippen LogP contribution is 2.31. The lowest BCUT2D eigenvalue weighted by molar-refractivity contribution is 0.0902. The molecular weight excluding hydrogens is 346 g/mol. The molecule has 0 amide bonds. The Bertz CT molecular complexity index is 1030. The Morgan fingerprint density at radius 3 is 2.78 bits per heavy atom. The summed E-state index contributed by atoms with van der Waals surface area (Å²) in [5.74, 6) is 1.64. The van der Waals surface area contributed by atoms with Crippen molar-refractivity contribution in [3.05, 3.63) is 64.0 Å².